The molecule has 0 saturated carbocycles. The second-order valence-corrected chi connectivity index (χ2v) is 8.68. The van der Waals surface area contributed by atoms with Crippen molar-refractivity contribution in [3.05, 3.63) is 56.9 Å². The van der Waals surface area contributed by atoms with E-state index in [2.05, 4.69) is 0 Å². The molecule has 0 atom stereocenters. The van der Waals surface area contributed by atoms with Crippen molar-refractivity contribution in [2.45, 2.75) is 31.5 Å². The van der Waals surface area contributed by atoms with Crippen molar-refractivity contribution in [3.8, 4) is 0 Å². The summed E-state index contributed by atoms with van der Waals surface area (Å²) in [7, 11) is -3.93. The topological polar surface area (TPSA) is 126 Å². The second kappa shape index (κ2) is 8.49. The minimum absolute atomic E-state index is 0.0454. The van der Waals surface area contributed by atoms with Gasteiger partial charge in [-0.25, -0.2) is 13.2 Å². The van der Waals surface area contributed by atoms with Crippen molar-refractivity contribution in [1.82, 2.24) is 4.57 Å². The molecule has 2 rings (SSSR count). The molecule has 0 bridgehead atoms. The first-order chi connectivity index (χ1) is 14.1. The van der Waals surface area contributed by atoms with Gasteiger partial charge in [-0.2, -0.15) is 13.2 Å². The van der Waals surface area contributed by atoms with Crippen LogP contribution in [0.15, 0.2) is 29.2 Å². The fraction of sp³-hybridized carbons (Fsp3) is 0.333. The molecule has 0 aliphatic carbocycles. The van der Waals surface area contributed by atoms with Crippen LogP contribution in [0.4, 0.5) is 18.9 Å². The van der Waals surface area contributed by atoms with Crippen molar-refractivity contribution in [2.75, 3.05) is 12.9 Å². The Labute approximate surface area is 174 Å². The summed E-state index contributed by atoms with van der Waals surface area (Å²) < 4.78 is 67.0. The minimum atomic E-state index is -4.49. The number of hydrogen-bond acceptors (Lipinski definition) is 7. The summed E-state index contributed by atoms with van der Waals surface area (Å²) in [4.78, 5) is 34.0. The summed E-state index contributed by atoms with van der Waals surface area (Å²) >= 11 is 0. The lowest BCUT2D eigenvalue weighted by molar-refractivity contribution is -0.387. The summed E-state index contributed by atoms with van der Waals surface area (Å²) in [6.45, 7) is 0.607. The molecule has 0 N–H and O–H groups in total. The Bertz CT molecular complexity index is 1170. The Morgan fingerprint density at radius 1 is 1.19 bits per heavy atom. The number of nitro benzene ring substituents is 1. The summed E-state index contributed by atoms with van der Waals surface area (Å²) in [5.41, 5.74) is -1.03. The molecule has 0 amide bonds. The lowest BCUT2D eigenvalue weighted by Crippen LogP contribution is -2.20. The first kappa shape index (κ1) is 24.1. The summed E-state index contributed by atoms with van der Waals surface area (Å²) in [6, 6.07) is 3.81. The van der Waals surface area contributed by atoms with Crippen molar-refractivity contribution in [1.29, 1.82) is 0 Å². The Hall–Kier alpha value is -3.22. The minimum Gasteiger partial charge on any atom is -0.454 e. The highest BCUT2D eigenvalue weighted by Gasteiger charge is 2.30. The van der Waals surface area contributed by atoms with E-state index in [-0.39, 0.29) is 22.5 Å². The largest absolute Gasteiger partial charge is 0.454 e. The number of aryl methyl sites for hydroxylation is 1. The molecule has 0 spiro atoms. The molecule has 168 valence electrons. The van der Waals surface area contributed by atoms with E-state index in [1.54, 1.807) is 0 Å². The highest BCUT2D eigenvalue weighted by molar-refractivity contribution is 7.90. The zero-order valence-corrected chi connectivity index (χ0v) is 17.3. The molecule has 0 unspecified atom stereocenters. The van der Waals surface area contributed by atoms with Gasteiger partial charge in [0.2, 0.25) is 5.78 Å². The molecular formula is C18H17F3N2O7S. The molecule has 0 aliphatic heterocycles. The number of aromatic nitrogens is 1. The summed E-state index contributed by atoms with van der Waals surface area (Å²) in [6.07, 6.45) is -3.73. The Kier molecular flexibility index (Phi) is 6.59. The van der Waals surface area contributed by atoms with Gasteiger partial charge in [0.25, 0.3) is 5.69 Å². The second-order valence-electron chi connectivity index (χ2n) is 6.70. The van der Waals surface area contributed by atoms with Gasteiger partial charge in [0.1, 0.15) is 11.4 Å². The monoisotopic (exact) mass is 462 g/mol. The third kappa shape index (κ3) is 5.69. The molecular weight excluding hydrogens is 445 g/mol. The third-order valence-corrected chi connectivity index (χ3v) is 5.48. The molecule has 13 heteroatoms. The highest BCUT2D eigenvalue weighted by atomic mass is 32.2. The van der Waals surface area contributed by atoms with Crippen LogP contribution in [0.2, 0.25) is 0 Å². The van der Waals surface area contributed by atoms with Crippen LogP contribution in [-0.4, -0.2) is 48.7 Å². The first-order valence-corrected chi connectivity index (χ1v) is 10.4. The number of alkyl halides is 3. The first-order valence-electron chi connectivity index (χ1n) is 8.54. The van der Waals surface area contributed by atoms with Crippen LogP contribution < -0.4 is 0 Å². The molecule has 9 nitrogen and oxygen atoms in total. The van der Waals surface area contributed by atoms with Crippen LogP contribution in [0.1, 0.15) is 32.1 Å². The molecule has 0 fully saturated rings. The van der Waals surface area contributed by atoms with Crippen molar-refractivity contribution in [3.63, 3.8) is 0 Å². The normalized spacial score (nSPS) is 11.9. The molecule has 1 aromatic carbocycles. The predicted molar refractivity (Wildman–Crippen MR) is 101 cm³/mol. The molecule has 0 aliphatic rings. The van der Waals surface area contributed by atoms with Gasteiger partial charge < -0.3 is 9.30 Å². The number of halogens is 3. The summed E-state index contributed by atoms with van der Waals surface area (Å²) in [5, 5.41) is 11.1. The Morgan fingerprint density at radius 2 is 1.81 bits per heavy atom. The van der Waals surface area contributed by atoms with E-state index in [1.165, 1.54) is 19.9 Å². The molecule has 0 saturated heterocycles. The zero-order valence-electron chi connectivity index (χ0n) is 16.5. The molecule has 0 radical (unpaired) electrons. The lowest BCUT2D eigenvalue weighted by Gasteiger charge is -2.12. The number of ether oxygens (including phenoxy) is 1. The van der Waals surface area contributed by atoms with E-state index in [9.17, 15) is 41.3 Å². The Morgan fingerprint density at radius 3 is 2.32 bits per heavy atom. The van der Waals surface area contributed by atoms with E-state index >= 15 is 0 Å². The number of carbonyl (C=O) groups is 2. The van der Waals surface area contributed by atoms with Gasteiger partial charge in [-0.05, 0) is 32.0 Å². The van der Waals surface area contributed by atoms with Crippen LogP contribution >= 0.6 is 0 Å². The van der Waals surface area contributed by atoms with Gasteiger partial charge in [-0.3, -0.25) is 14.9 Å². The summed E-state index contributed by atoms with van der Waals surface area (Å²) in [5.74, 6) is -1.90. The van der Waals surface area contributed by atoms with Gasteiger partial charge in [-0.1, -0.05) is 0 Å². The number of nitrogens with zero attached hydrogens (tertiary/aromatic N) is 2. The molecule has 31 heavy (non-hydrogen) atoms. The van der Waals surface area contributed by atoms with E-state index < -0.39 is 56.4 Å². The number of nitro groups is 1. The number of rotatable bonds is 7. The van der Waals surface area contributed by atoms with Gasteiger partial charge >= 0.3 is 12.1 Å². The maximum absolute atomic E-state index is 12.7. The zero-order chi connectivity index (χ0) is 23.7. The van der Waals surface area contributed by atoms with Crippen LogP contribution in [-0.2, 0) is 21.1 Å². The average Bonchev–Trinajstić information content (AvgIpc) is 2.91. The predicted octanol–water partition coefficient (Wildman–Crippen LogP) is 3.02. The fourth-order valence-electron chi connectivity index (χ4n) is 2.90. The quantitative estimate of drug-likeness (QED) is 0.268. The number of hydrogen-bond donors (Lipinski definition) is 0. The van der Waals surface area contributed by atoms with E-state index in [0.29, 0.717) is 6.07 Å². The average molecular weight is 462 g/mol. The number of carbonyl (C=O) groups excluding carboxylic acids is 2. The van der Waals surface area contributed by atoms with Crippen LogP contribution in [0.5, 0.6) is 0 Å². The van der Waals surface area contributed by atoms with Crippen molar-refractivity contribution < 1.29 is 40.8 Å². The number of sulfone groups is 1. The van der Waals surface area contributed by atoms with Gasteiger partial charge in [0.15, 0.2) is 16.4 Å². The van der Waals surface area contributed by atoms with Gasteiger partial charge in [-0.15, -0.1) is 0 Å². The number of benzene rings is 1. The van der Waals surface area contributed by atoms with E-state index in [0.717, 1.165) is 23.0 Å². The highest BCUT2D eigenvalue weighted by Crippen LogP contribution is 2.26. The van der Waals surface area contributed by atoms with E-state index in [1.807, 2.05) is 0 Å². The molecule has 2 aromatic rings. The van der Waals surface area contributed by atoms with Gasteiger partial charge in [0, 0.05) is 29.3 Å². The lowest BCUT2D eigenvalue weighted by atomic mass is 10.1. The molecule has 1 heterocycles. The molecule has 1 aromatic heterocycles. The van der Waals surface area contributed by atoms with Crippen molar-refractivity contribution in [2.24, 2.45) is 0 Å². The Balaban J connectivity index is 2.20. The van der Waals surface area contributed by atoms with Crippen LogP contribution in [0.25, 0.3) is 0 Å². The maximum atomic E-state index is 12.7. The third-order valence-electron chi connectivity index (χ3n) is 4.34. The van der Waals surface area contributed by atoms with Gasteiger partial charge in [0.05, 0.1) is 10.5 Å². The van der Waals surface area contributed by atoms with Crippen molar-refractivity contribution >= 4 is 27.3 Å². The smallest absolute Gasteiger partial charge is 0.406 e. The number of esters is 1. The number of Topliss-reactive ketones (excluding diaryl/α,β-unsaturated/α-hetero) is 1. The van der Waals surface area contributed by atoms with E-state index in [4.69, 9.17) is 4.74 Å². The SMILES string of the molecule is Cc1cc(C(=O)COC(=O)c2ccc(S(C)(=O)=O)c([N+](=O)[O-])c2)c(C)n1CC(F)(F)F. The van der Waals surface area contributed by atoms with Crippen LogP contribution in [0, 0.1) is 24.0 Å². The maximum Gasteiger partial charge on any atom is 0.406 e. The fourth-order valence-corrected chi connectivity index (χ4v) is 3.73. The van der Waals surface area contributed by atoms with Crippen LogP contribution in [0.3, 0.4) is 0 Å². The number of ketones is 1. The standard InChI is InChI=1S/C18H17F3N2O7S/c1-10-6-13(11(2)22(10)9-18(19,20)21)15(24)8-30-17(25)12-4-5-16(31(3,28)29)14(7-12)23(26)27/h4-7H,8-9H2,1-3H3.